The number of benzene rings is 1. The zero-order valence-electron chi connectivity index (χ0n) is 11.8. The molecular weight excluding hydrogens is 302 g/mol. The molecule has 0 heterocycles. The second-order valence-corrected chi connectivity index (χ2v) is 6.43. The lowest BCUT2D eigenvalue weighted by molar-refractivity contribution is -0.140. The number of hydrogen-bond donors (Lipinski definition) is 1. The van der Waals surface area contributed by atoms with Gasteiger partial charge in [-0.05, 0) is 36.8 Å². The van der Waals surface area contributed by atoms with Gasteiger partial charge in [-0.3, -0.25) is 0 Å². The van der Waals surface area contributed by atoms with Crippen LogP contribution in [0.4, 0.5) is 17.6 Å². The molecule has 0 aliphatic heterocycles. The van der Waals surface area contributed by atoms with Gasteiger partial charge in [0.05, 0.1) is 5.56 Å². The molecule has 0 saturated heterocycles. The summed E-state index contributed by atoms with van der Waals surface area (Å²) in [6.45, 7) is 0.338. The first-order valence-corrected chi connectivity index (χ1v) is 8.32. The Kier molecular flexibility index (Phi) is 5.54. The maximum absolute atomic E-state index is 13.2. The standard InChI is InChI=1S/C15H19F4NS/c1-21-14-5-3-2-4-13(14)20-9-10-6-7-12(16)11(8-10)15(17,18)19/h6-8,13-14,20H,2-5,9H2,1H3. The fourth-order valence-electron chi connectivity index (χ4n) is 2.76. The molecule has 2 atom stereocenters. The second-order valence-electron chi connectivity index (χ2n) is 5.36. The predicted octanol–water partition coefficient (Wildman–Crippen LogP) is 4.61. The lowest BCUT2D eigenvalue weighted by Crippen LogP contribution is -2.39. The molecule has 1 saturated carbocycles. The van der Waals surface area contributed by atoms with Crippen LogP contribution in [0.1, 0.15) is 36.8 Å². The molecule has 118 valence electrons. The highest BCUT2D eigenvalue weighted by Crippen LogP contribution is 2.32. The molecule has 0 bridgehead atoms. The highest BCUT2D eigenvalue weighted by atomic mass is 32.2. The van der Waals surface area contributed by atoms with Gasteiger partial charge in [0.2, 0.25) is 0 Å². The number of nitrogens with one attached hydrogen (secondary N) is 1. The topological polar surface area (TPSA) is 12.0 Å². The molecule has 0 amide bonds. The Balaban J connectivity index is 2.03. The number of halogens is 4. The average Bonchev–Trinajstić information content (AvgIpc) is 2.45. The van der Waals surface area contributed by atoms with E-state index in [9.17, 15) is 17.6 Å². The Morgan fingerprint density at radius 3 is 2.62 bits per heavy atom. The number of alkyl halides is 3. The van der Waals surface area contributed by atoms with Gasteiger partial charge in [0, 0.05) is 17.8 Å². The summed E-state index contributed by atoms with van der Waals surface area (Å²) in [7, 11) is 0. The Morgan fingerprint density at radius 1 is 1.24 bits per heavy atom. The number of rotatable bonds is 4. The van der Waals surface area contributed by atoms with E-state index in [2.05, 4.69) is 11.6 Å². The summed E-state index contributed by atoms with van der Waals surface area (Å²) >= 11 is 1.80. The minimum atomic E-state index is -4.65. The van der Waals surface area contributed by atoms with E-state index in [1.54, 1.807) is 11.8 Å². The van der Waals surface area contributed by atoms with Crippen molar-refractivity contribution in [1.29, 1.82) is 0 Å². The van der Waals surface area contributed by atoms with Crippen LogP contribution in [-0.4, -0.2) is 17.5 Å². The molecule has 1 aromatic carbocycles. The number of thioether (sulfide) groups is 1. The third kappa shape index (κ3) is 4.36. The SMILES string of the molecule is CSC1CCCCC1NCc1ccc(F)c(C(F)(F)F)c1. The van der Waals surface area contributed by atoms with Crippen LogP contribution in [0.2, 0.25) is 0 Å². The van der Waals surface area contributed by atoms with Gasteiger partial charge < -0.3 is 5.32 Å². The normalized spacial score (nSPS) is 23.3. The Morgan fingerprint density at radius 2 is 1.95 bits per heavy atom. The van der Waals surface area contributed by atoms with Gasteiger partial charge in [-0.1, -0.05) is 18.9 Å². The van der Waals surface area contributed by atoms with E-state index in [1.165, 1.54) is 12.5 Å². The predicted molar refractivity (Wildman–Crippen MR) is 77.8 cm³/mol. The Bertz CT molecular complexity index is 475. The van der Waals surface area contributed by atoms with E-state index in [0.717, 1.165) is 31.4 Å². The summed E-state index contributed by atoms with van der Waals surface area (Å²) in [5.41, 5.74) is -0.721. The molecule has 1 aliphatic carbocycles. The van der Waals surface area contributed by atoms with Crippen LogP contribution < -0.4 is 5.32 Å². The smallest absolute Gasteiger partial charge is 0.309 e. The van der Waals surface area contributed by atoms with Crippen molar-refractivity contribution in [3.63, 3.8) is 0 Å². The van der Waals surface area contributed by atoms with E-state index < -0.39 is 17.6 Å². The quantitative estimate of drug-likeness (QED) is 0.813. The van der Waals surface area contributed by atoms with Crippen molar-refractivity contribution in [1.82, 2.24) is 5.32 Å². The summed E-state index contributed by atoms with van der Waals surface area (Å²) in [5, 5.41) is 3.83. The second kappa shape index (κ2) is 7.01. The molecule has 1 N–H and O–H groups in total. The summed E-state index contributed by atoms with van der Waals surface area (Å²) in [4.78, 5) is 0. The van der Waals surface area contributed by atoms with Crippen molar-refractivity contribution >= 4 is 11.8 Å². The minimum Gasteiger partial charge on any atom is -0.309 e. The van der Waals surface area contributed by atoms with Crippen molar-refractivity contribution in [2.75, 3.05) is 6.26 Å². The van der Waals surface area contributed by atoms with E-state index in [4.69, 9.17) is 0 Å². The molecule has 0 radical (unpaired) electrons. The first kappa shape index (κ1) is 16.6. The van der Waals surface area contributed by atoms with Crippen LogP contribution in [0.15, 0.2) is 18.2 Å². The lowest BCUT2D eigenvalue weighted by atomic mass is 9.94. The molecule has 2 rings (SSSR count). The van der Waals surface area contributed by atoms with Crippen LogP contribution in [0, 0.1) is 5.82 Å². The molecule has 1 nitrogen and oxygen atoms in total. The molecular formula is C15H19F4NS. The van der Waals surface area contributed by atoms with E-state index >= 15 is 0 Å². The highest BCUT2D eigenvalue weighted by Gasteiger charge is 2.34. The van der Waals surface area contributed by atoms with Gasteiger partial charge >= 0.3 is 6.18 Å². The van der Waals surface area contributed by atoms with Crippen molar-refractivity contribution in [3.05, 3.63) is 35.1 Å². The molecule has 2 unspecified atom stereocenters. The lowest BCUT2D eigenvalue weighted by Gasteiger charge is -2.31. The summed E-state index contributed by atoms with van der Waals surface area (Å²) in [6.07, 6.45) is 1.94. The maximum Gasteiger partial charge on any atom is 0.419 e. The van der Waals surface area contributed by atoms with Gasteiger partial charge in [-0.15, -0.1) is 0 Å². The largest absolute Gasteiger partial charge is 0.419 e. The van der Waals surface area contributed by atoms with E-state index in [1.807, 2.05) is 0 Å². The van der Waals surface area contributed by atoms with Crippen LogP contribution >= 0.6 is 11.8 Å². The molecule has 6 heteroatoms. The zero-order chi connectivity index (χ0) is 15.5. The van der Waals surface area contributed by atoms with Crippen molar-refractivity contribution in [2.45, 2.75) is 49.7 Å². The van der Waals surface area contributed by atoms with Crippen molar-refractivity contribution < 1.29 is 17.6 Å². The molecule has 0 aromatic heterocycles. The van der Waals surface area contributed by atoms with Gasteiger partial charge in [-0.25, -0.2) is 4.39 Å². The van der Waals surface area contributed by atoms with Crippen molar-refractivity contribution in [3.8, 4) is 0 Å². The molecule has 0 spiro atoms. The molecule has 1 aromatic rings. The average molecular weight is 321 g/mol. The van der Waals surface area contributed by atoms with Crippen LogP contribution in [0.25, 0.3) is 0 Å². The van der Waals surface area contributed by atoms with Gasteiger partial charge in [0.25, 0.3) is 0 Å². The monoisotopic (exact) mass is 321 g/mol. The first-order chi connectivity index (χ1) is 9.91. The molecule has 21 heavy (non-hydrogen) atoms. The number of hydrogen-bond acceptors (Lipinski definition) is 2. The molecule has 1 fully saturated rings. The van der Waals surface area contributed by atoms with Crippen LogP contribution in [0.5, 0.6) is 0 Å². The van der Waals surface area contributed by atoms with E-state index in [0.29, 0.717) is 23.4 Å². The third-order valence-corrected chi connectivity index (χ3v) is 5.08. The van der Waals surface area contributed by atoms with Gasteiger partial charge in [-0.2, -0.15) is 24.9 Å². The van der Waals surface area contributed by atoms with Gasteiger partial charge in [0.1, 0.15) is 5.82 Å². The Hall–Kier alpha value is -0.750. The van der Waals surface area contributed by atoms with Crippen LogP contribution in [0.3, 0.4) is 0 Å². The third-order valence-electron chi connectivity index (χ3n) is 3.91. The summed E-state index contributed by atoms with van der Waals surface area (Å²) < 4.78 is 51.3. The Labute approximate surface area is 126 Å². The fourth-order valence-corrected chi connectivity index (χ4v) is 3.72. The van der Waals surface area contributed by atoms with E-state index in [-0.39, 0.29) is 0 Å². The molecule has 1 aliphatic rings. The maximum atomic E-state index is 13.2. The first-order valence-electron chi connectivity index (χ1n) is 7.03. The summed E-state index contributed by atoms with van der Waals surface area (Å²) in [6, 6.07) is 3.52. The highest BCUT2D eigenvalue weighted by molar-refractivity contribution is 7.99. The zero-order valence-corrected chi connectivity index (χ0v) is 12.7. The van der Waals surface area contributed by atoms with Crippen LogP contribution in [-0.2, 0) is 12.7 Å². The van der Waals surface area contributed by atoms with Crippen molar-refractivity contribution in [2.24, 2.45) is 0 Å². The fraction of sp³-hybridized carbons (Fsp3) is 0.600. The minimum absolute atomic E-state index is 0.313. The van der Waals surface area contributed by atoms with Gasteiger partial charge in [0.15, 0.2) is 0 Å². The summed E-state index contributed by atoms with van der Waals surface area (Å²) in [5.74, 6) is -1.22.